The molecular formula is C30H14F2N4. The molecule has 0 amide bonds. The molecule has 3 aromatic carbocycles. The van der Waals surface area contributed by atoms with Crippen LogP contribution in [0.1, 0.15) is 22.3 Å². The second-order valence-corrected chi connectivity index (χ2v) is 8.39. The van der Waals surface area contributed by atoms with E-state index in [2.05, 4.69) is 9.69 Å². The maximum absolute atomic E-state index is 14.1. The minimum Gasteiger partial charge on any atom is -0.207 e. The van der Waals surface area contributed by atoms with Crippen LogP contribution in [0.15, 0.2) is 83.2 Å². The molecule has 0 radical (unpaired) electrons. The molecular weight excluding hydrogens is 454 g/mol. The Balaban J connectivity index is 1.90. The maximum atomic E-state index is 14.1. The van der Waals surface area contributed by atoms with Crippen LogP contribution in [0.4, 0.5) is 8.78 Å². The number of nitrogens with zero attached hydrogens (tertiary/aromatic N) is 4. The highest BCUT2D eigenvalue weighted by Crippen LogP contribution is 2.35. The first-order valence-electron chi connectivity index (χ1n) is 10.9. The van der Waals surface area contributed by atoms with Crippen molar-refractivity contribution in [2.45, 2.75) is 12.8 Å². The Bertz CT molecular complexity index is 1680. The van der Waals surface area contributed by atoms with E-state index in [1.165, 1.54) is 24.3 Å². The molecule has 4 nitrogen and oxygen atoms in total. The first-order chi connectivity index (χ1) is 17.5. The van der Waals surface area contributed by atoms with Crippen molar-refractivity contribution < 1.29 is 8.78 Å². The molecule has 0 fully saturated rings. The predicted molar refractivity (Wildman–Crippen MR) is 129 cm³/mol. The third-order valence-corrected chi connectivity index (χ3v) is 6.44. The normalized spacial score (nSPS) is 13.3. The summed E-state index contributed by atoms with van der Waals surface area (Å²) in [4.78, 5) is 6.83. The summed E-state index contributed by atoms with van der Waals surface area (Å²) < 4.78 is 28.3. The van der Waals surface area contributed by atoms with Crippen LogP contribution < -0.4 is 10.4 Å². The van der Waals surface area contributed by atoms with Gasteiger partial charge >= 0.3 is 5.82 Å². The Morgan fingerprint density at radius 1 is 0.722 bits per heavy atom. The lowest BCUT2D eigenvalue weighted by molar-refractivity contribution is 0.627. The molecule has 0 aromatic heterocycles. The first kappa shape index (κ1) is 22.5. The van der Waals surface area contributed by atoms with Gasteiger partial charge < -0.3 is 0 Å². The number of benzene rings is 3. The summed E-state index contributed by atoms with van der Waals surface area (Å²) >= 11 is 0. The molecule has 0 unspecified atom stereocenters. The van der Waals surface area contributed by atoms with Crippen molar-refractivity contribution in [1.82, 2.24) is 0 Å². The van der Waals surface area contributed by atoms with Gasteiger partial charge in [-0.05, 0) is 92.2 Å². The van der Waals surface area contributed by atoms with E-state index in [0.717, 1.165) is 21.6 Å². The van der Waals surface area contributed by atoms with E-state index in [9.17, 15) is 19.3 Å². The SMILES string of the molecule is [C-]#[N+]C([N+]#[C-])=C1Cc2cc3c(cc2=C1c1cccc(F)c1)CC(=C(C#N)C#N)C=3c1cccc(F)c1. The highest BCUT2D eigenvalue weighted by molar-refractivity contribution is 5.88. The molecule has 6 heteroatoms. The predicted octanol–water partition coefficient (Wildman–Crippen LogP) is 4.87. The number of allylic oxidation sites excluding steroid dienone is 3. The lowest BCUT2D eigenvalue weighted by Crippen LogP contribution is -2.17. The van der Waals surface area contributed by atoms with Gasteiger partial charge in [0.1, 0.15) is 42.5 Å². The third kappa shape index (κ3) is 3.56. The maximum Gasteiger partial charge on any atom is 0.523 e. The topological polar surface area (TPSA) is 56.3 Å². The highest BCUT2D eigenvalue weighted by Gasteiger charge is 2.30. The van der Waals surface area contributed by atoms with E-state index in [1.54, 1.807) is 24.3 Å². The quantitative estimate of drug-likeness (QED) is 0.398. The van der Waals surface area contributed by atoms with Gasteiger partial charge in [0.25, 0.3) is 0 Å². The number of fused-ring (bicyclic) bond motifs is 2. The van der Waals surface area contributed by atoms with Gasteiger partial charge in [0, 0.05) is 6.42 Å². The summed E-state index contributed by atoms with van der Waals surface area (Å²) in [7, 11) is 0. The van der Waals surface area contributed by atoms with E-state index >= 15 is 0 Å². The Hall–Kier alpha value is -5.30. The molecule has 0 aliphatic heterocycles. The van der Waals surface area contributed by atoms with Crippen molar-refractivity contribution in [3.8, 4) is 12.1 Å². The Kier molecular flexibility index (Phi) is 5.50. The average molecular weight is 468 g/mol. The first-order valence-corrected chi connectivity index (χ1v) is 10.9. The zero-order valence-electron chi connectivity index (χ0n) is 18.7. The van der Waals surface area contributed by atoms with Crippen LogP contribution in [-0.4, -0.2) is 0 Å². The van der Waals surface area contributed by atoms with E-state index in [0.29, 0.717) is 46.3 Å². The van der Waals surface area contributed by atoms with Gasteiger partial charge in [0.2, 0.25) is 0 Å². The zero-order chi connectivity index (χ0) is 25.4. The van der Waals surface area contributed by atoms with E-state index in [-0.39, 0.29) is 11.4 Å². The van der Waals surface area contributed by atoms with Crippen LogP contribution in [0.5, 0.6) is 0 Å². The van der Waals surface area contributed by atoms with Crippen LogP contribution in [0.2, 0.25) is 0 Å². The molecule has 0 heterocycles. The van der Waals surface area contributed by atoms with Crippen molar-refractivity contribution in [3.05, 3.63) is 150 Å². The molecule has 36 heavy (non-hydrogen) atoms. The highest BCUT2D eigenvalue weighted by atomic mass is 19.1. The van der Waals surface area contributed by atoms with Crippen molar-refractivity contribution in [2.75, 3.05) is 0 Å². The molecule has 3 aromatic rings. The fraction of sp³-hybridized carbons (Fsp3) is 0.0667. The Labute approximate surface area is 205 Å². The summed E-state index contributed by atoms with van der Waals surface area (Å²) in [5, 5.41) is 20.7. The molecule has 2 aliphatic carbocycles. The van der Waals surface area contributed by atoms with Gasteiger partial charge in [-0.1, -0.05) is 24.3 Å². The van der Waals surface area contributed by atoms with Crippen molar-refractivity contribution in [3.63, 3.8) is 0 Å². The number of hydrogen-bond acceptors (Lipinski definition) is 2. The van der Waals surface area contributed by atoms with Gasteiger partial charge in [-0.2, -0.15) is 20.2 Å². The van der Waals surface area contributed by atoms with E-state index in [4.69, 9.17) is 13.1 Å². The molecule has 0 saturated carbocycles. The van der Waals surface area contributed by atoms with E-state index < -0.39 is 11.6 Å². The zero-order valence-corrected chi connectivity index (χ0v) is 18.7. The number of hydrogen-bond donors (Lipinski definition) is 0. The molecule has 5 rings (SSSR count). The fourth-order valence-electron chi connectivity index (χ4n) is 5.00. The molecule has 0 N–H and O–H groups in total. The third-order valence-electron chi connectivity index (χ3n) is 6.44. The smallest absolute Gasteiger partial charge is 0.207 e. The summed E-state index contributed by atoms with van der Waals surface area (Å²) in [5.74, 6) is -0.937. The van der Waals surface area contributed by atoms with Crippen molar-refractivity contribution >= 4 is 11.1 Å². The summed E-state index contributed by atoms with van der Waals surface area (Å²) in [6.07, 6.45) is 0.590. The number of rotatable bonds is 2. The Morgan fingerprint density at radius 3 is 1.64 bits per heavy atom. The van der Waals surface area contributed by atoms with Gasteiger partial charge in [-0.15, -0.1) is 0 Å². The van der Waals surface area contributed by atoms with E-state index in [1.807, 2.05) is 24.3 Å². The van der Waals surface area contributed by atoms with Crippen molar-refractivity contribution in [1.29, 1.82) is 10.5 Å². The minimum absolute atomic E-state index is 0.0381. The van der Waals surface area contributed by atoms with Crippen LogP contribution >= 0.6 is 0 Å². The second kappa shape index (κ2) is 8.81. The van der Waals surface area contributed by atoms with Crippen LogP contribution in [0, 0.1) is 47.4 Å². The number of halogens is 2. The van der Waals surface area contributed by atoms with Gasteiger partial charge in [-0.3, -0.25) is 0 Å². The molecule has 168 valence electrons. The monoisotopic (exact) mass is 468 g/mol. The average Bonchev–Trinajstić information content (AvgIpc) is 3.42. The lowest BCUT2D eigenvalue weighted by atomic mass is 9.95. The summed E-state index contributed by atoms with van der Waals surface area (Å²) in [5.41, 5.74) is 5.03. The minimum atomic E-state index is -0.435. The van der Waals surface area contributed by atoms with Crippen LogP contribution in [-0.2, 0) is 12.8 Å². The van der Waals surface area contributed by atoms with Crippen LogP contribution in [0.25, 0.3) is 20.8 Å². The summed E-state index contributed by atoms with van der Waals surface area (Å²) in [6, 6.07) is 19.8. The fourth-order valence-corrected chi connectivity index (χ4v) is 5.00. The van der Waals surface area contributed by atoms with Gasteiger partial charge in [0.15, 0.2) is 0 Å². The largest absolute Gasteiger partial charge is 0.523 e. The summed E-state index contributed by atoms with van der Waals surface area (Å²) in [6.45, 7) is 15.0. The molecule has 0 spiro atoms. The molecule has 0 bridgehead atoms. The van der Waals surface area contributed by atoms with Crippen molar-refractivity contribution in [2.24, 2.45) is 0 Å². The molecule has 2 aliphatic rings. The standard InChI is InChI=1S/C30H14F2N4/c1-35-30(36-2)27-14-20-12-24-19(11-25(20)29(27)18-6-4-8-23(32)10-18)13-26(21(15-33)16-34)28(24)17-5-3-7-22(31)9-17/h3-12H,13-14H2. The molecule has 0 atom stereocenters. The Morgan fingerprint density at radius 2 is 1.19 bits per heavy atom. The van der Waals surface area contributed by atoms with Gasteiger partial charge in [-0.25, -0.2) is 8.78 Å². The molecule has 0 saturated heterocycles. The second-order valence-electron chi connectivity index (χ2n) is 8.39. The number of nitriles is 2. The lowest BCUT2D eigenvalue weighted by Gasteiger charge is -2.07. The van der Waals surface area contributed by atoms with Crippen LogP contribution in [0.3, 0.4) is 0 Å². The van der Waals surface area contributed by atoms with Gasteiger partial charge in [0.05, 0.1) is 5.57 Å².